The molecule has 0 amide bonds. The lowest BCUT2D eigenvalue weighted by Gasteiger charge is -1.41. The molecule has 0 aromatic heterocycles. The lowest BCUT2D eigenvalue weighted by atomic mass is 10.6. The molecule has 0 aromatic carbocycles. The van der Waals surface area contributed by atoms with Crippen LogP contribution in [-0.2, 0) is 0 Å². The topological polar surface area (TPSA) is 0 Å². The molecule has 0 heteroatoms. The molecular formula is C97H4. The van der Waals surface area contributed by atoms with Crippen LogP contribution in [0.3, 0.4) is 0 Å². The first kappa shape index (κ1) is 75.8. The third-order valence-electron chi connectivity index (χ3n) is 5.93. The normalized spacial score (nSPS) is 3.96. The van der Waals surface area contributed by atoms with Gasteiger partial charge in [-0.15, -0.1) is 0 Å². The summed E-state index contributed by atoms with van der Waals surface area (Å²) in [7, 11) is 0. The van der Waals surface area contributed by atoms with Crippen molar-refractivity contribution in [2.75, 3.05) is 0 Å². The maximum absolute atomic E-state index is 3.32. The van der Waals surface area contributed by atoms with Crippen LogP contribution in [0.5, 0.6) is 0 Å². The summed E-state index contributed by atoms with van der Waals surface area (Å²) in [5.41, 5.74) is 237. The van der Waals surface area contributed by atoms with Gasteiger partial charge in [0.05, 0.1) is 0 Å². The van der Waals surface area contributed by atoms with Crippen LogP contribution in [0, 0.1) is 0 Å². The van der Waals surface area contributed by atoms with E-state index < -0.39 is 0 Å². The second kappa shape index (κ2) is 74.8. The standard InChI is InChI=1S/C97H4/c1-3-5-7-9-11-13-15-17-19-21-23-25-27-29-31-33-35-37-39-41-43-45-47-49-51-53-55-57-59-61-63-65-67-69-71-73-75-77-79-81-83-85-87-89-91-93-95-97-96-94-92-90-88-86-84-82-80-78-76-74-72-70-68-66-64-62-60-58-56-54-52-50-48-46-44-42-40-38-36-34-32-30-28-26-24-22-20-18-16-14-12-10-8-6-4-2/h1-2H2. The summed E-state index contributed by atoms with van der Waals surface area (Å²) in [6, 6.07) is 0. The Hall–Kier alpha value is -21.2. The van der Waals surface area contributed by atoms with Gasteiger partial charge in [-0.2, -0.15) is 0 Å². The Balaban J connectivity index is 6.18. The van der Waals surface area contributed by atoms with E-state index in [9.17, 15) is 0 Å². The Bertz CT molecular complexity index is 7240. The SMILES string of the molecule is C=C=C=C=C=C=C=C=C=C=C=C=C=C=C=C=C=C=C=C=C=C=C=C=C=C=C=C=C=C=C=C=C=C=C=C=C=C=C=C=C=C=C=C=C=C=C=C=C=C=C=C=C=C=C=C=C=C=C=C=C=C=C=C=C=C=C=C=C=C=C=C=C=C=C=C=C=C=C=C=C=C=C=C=C=C=C=C=C=C=C=C=C=C=C=C=C. The van der Waals surface area contributed by atoms with Gasteiger partial charge in [-0.3, -0.25) is 0 Å². The zero-order chi connectivity index (χ0) is 69.2. The van der Waals surface area contributed by atoms with E-state index >= 15 is 0 Å². The summed E-state index contributed by atoms with van der Waals surface area (Å²) in [6.07, 6.45) is 0. The van der Waals surface area contributed by atoms with Crippen molar-refractivity contribution in [2.45, 2.75) is 0 Å². The molecule has 0 aliphatic rings. The lowest BCUT2D eigenvalue weighted by molar-refractivity contribution is 2.10. The Morgan fingerprint density at radius 2 is 0.0825 bits per heavy atom. The zero-order valence-electron chi connectivity index (χ0n) is 48.9. The second-order valence-electron chi connectivity index (χ2n) is 12.0. The lowest BCUT2D eigenvalue weighted by Crippen LogP contribution is -1.26. The monoisotopic (exact) mass is 1170 g/mol. The highest BCUT2D eigenvalue weighted by atomic mass is 13.5. The second-order valence-corrected chi connectivity index (χ2v) is 12.0. The van der Waals surface area contributed by atoms with Crippen LogP contribution < -0.4 is 0 Å². The molecule has 0 heterocycles. The van der Waals surface area contributed by atoms with E-state index in [1.165, 1.54) is 0 Å². The van der Waals surface area contributed by atoms with Crippen LogP contribution in [0.25, 0.3) is 0 Å². The summed E-state index contributed by atoms with van der Waals surface area (Å²) in [5.74, 6) is 0. The summed E-state index contributed by atoms with van der Waals surface area (Å²) in [5, 5.41) is 0. The third kappa shape index (κ3) is 74.8. The van der Waals surface area contributed by atoms with Gasteiger partial charge in [0.25, 0.3) is 0 Å². The van der Waals surface area contributed by atoms with Crippen molar-refractivity contribution < 1.29 is 0 Å². The molecule has 97 heavy (non-hydrogen) atoms. The molecule has 0 saturated heterocycles. The minimum Gasteiger partial charge on any atom is -0.0687 e. The fourth-order valence-electron chi connectivity index (χ4n) is 2.93. The largest absolute Gasteiger partial charge is 0.0687 e. The Morgan fingerprint density at radius 1 is 0.0515 bits per heavy atom. The smallest absolute Gasteiger partial charge is 0 e. The quantitative estimate of drug-likeness (QED) is 0.212. The highest BCUT2D eigenvalue weighted by Crippen LogP contribution is 1.66. The van der Waals surface area contributed by atoms with E-state index in [1.54, 1.807) is 0 Å². The molecule has 0 saturated carbocycles. The zero-order valence-corrected chi connectivity index (χ0v) is 48.9. The van der Waals surface area contributed by atoms with Gasteiger partial charge in [-0.1, -0.05) is 11.5 Å². The fourth-order valence-corrected chi connectivity index (χ4v) is 2.93. The van der Waals surface area contributed by atoms with Gasteiger partial charge in [0.2, 0.25) is 0 Å². The molecule has 0 radical (unpaired) electrons. The number of hydrogen-bond acceptors (Lipinski definition) is 0. The first-order chi connectivity index (χ1) is 48.4. The Kier molecular flexibility index (Phi) is 58.5. The van der Waals surface area contributed by atoms with Crippen LogP contribution >= 0.6 is 0 Å². The molecule has 0 fully saturated rings. The minimum absolute atomic E-state index is 2.37. The molecule has 0 atom stereocenters. The summed E-state index contributed by atoms with van der Waals surface area (Å²) < 4.78 is 0. The van der Waals surface area contributed by atoms with Gasteiger partial charge in [0.15, 0.2) is 0 Å². The molecule has 0 bridgehead atoms. The number of hydrogen-bond donors (Lipinski definition) is 0. The Morgan fingerprint density at radius 3 is 0.113 bits per heavy atom. The molecule has 0 nitrogen and oxygen atoms in total. The van der Waals surface area contributed by atoms with E-state index in [0.717, 1.165) is 0 Å². The summed E-state index contributed by atoms with van der Waals surface area (Å²) in [6.45, 7) is 6.63. The van der Waals surface area contributed by atoms with Crippen LogP contribution in [0.4, 0.5) is 0 Å². The van der Waals surface area contributed by atoms with Crippen LogP contribution in [-0.4, -0.2) is 0 Å². The van der Waals surface area contributed by atoms with Crippen molar-refractivity contribution >= 4 is 0 Å². The van der Waals surface area contributed by atoms with E-state index in [-0.39, 0.29) is 0 Å². The summed E-state index contributed by atoms with van der Waals surface area (Å²) in [4.78, 5) is 0. The minimum atomic E-state index is 2.37. The predicted octanol–water partition coefficient (Wildman–Crippen LogP) is 15.5. The van der Waals surface area contributed by atoms with Gasteiger partial charge in [-0.25, -0.2) is 0 Å². The molecular weight excluding hydrogens is 1170 g/mol. The molecule has 0 aliphatic heterocycles. The van der Waals surface area contributed by atoms with Crippen molar-refractivity contribution in [3.05, 3.63) is 558 Å². The molecule has 392 valence electrons. The van der Waals surface area contributed by atoms with Gasteiger partial charge >= 0.3 is 0 Å². The van der Waals surface area contributed by atoms with Crippen molar-refractivity contribution in [3.63, 3.8) is 0 Å². The van der Waals surface area contributed by atoms with Crippen molar-refractivity contribution in [1.29, 1.82) is 0 Å². The van der Waals surface area contributed by atoms with Crippen molar-refractivity contribution in [3.8, 4) is 0 Å². The van der Waals surface area contributed by atoms with Crippen molar-refractivity contribution in [2.24, 2.45) is 0 Å². The molecule has 0 aliphatic carbocycles. The fraction of sp³-hybridized carbons (Fsp3) is 0. The van der Waals surface area contributed by atoms with Gasteiger partial charge < -0.3 is 0 Å². The third-order valence-corrected chi connectivity index (χ3v) is 5.93. The maximum Gasteiger partial charge on any atom is 0 e. The maximum atomic E-state index is 3.32. The highest BCUT2D eigenvalue weighted by Gasteiger charge is 1.50. The van der Waals surface area contributed by atoms with Gasteiger partial charge in [0, 0.05) is 441 Å². The Labute approximate surface area is 554 Å². The predicted molar refractivity (Wildman–Crippen MR) is 345 cm³/mol. The van der Waals surface area contributed by atoms with Crippen molar-refractivity contribution in [1.82, 2.24) is 0 Å². The van der Waals surface area contributed by atoms with E-state index in [1.807, 2.05) is 0 Å². The first-order valence-corrected chi connectivity index (χ1v) is 24.2. The summed E-state index contributed by atoms with van der Waals surface area (Å²) >= 11 is 0. The molecule has 0 spiro atoms. The molecule has 0 unspecified atom stereocenters. The average Bonchev–Trinajstić information content (AvgIpc) is 3.61. The molecule has 0 aromatic rings. The number of rotatable bonds is 0. The van der Waals surface area contributed by atoms with Gasteiger partial charge in [-0.05, 0) is 105 Å². The highest BCUT2D eigenvalue weighted by molar-refractivity contribution is 5.02. The van der Waals surface area contributed by atoms with E-state index in [4.69, 9.17) is 0 Å². The van der Waals surface area contributed by atoms with Crippen LogP contribution in [0.1, 0.15) is 0 Å². The van der Waals surface area contributed by atoms with Gasteiger partial charge in [0.1, 0.15) is 0 Å². The van der Waals surface area contributed by atoms with Crippen LogP contribution in [0.2, 0.25) is 0 Å². The molecule has 0 N–H and O–H groups in total. The molecule has 0 rings (SSSR count). The first-order valence-electron chi connectivity index (χ1n) is 24.2. The van der Waals surface area contributed by atoms with Crippen LogP contribution in [0.15, 0.2) is 558 Å². The van der Waals surface area contributed by atoms with E-state index in [0.29, 0.717) is 0 Å². The van der Waals surface area contributed by atoms with E-state index in [2.05, 4.69) is 558 Å². The average molecular weight is 1170 g/mol.